The van der Waals surface area contributed by atoms with Gasteiger partial charge in [0.05, 0.1) is 17.0 Å². The Hall–Kier alpha value is -2.29. The van der Waals surface area contributed by atoms with E-state index in [1.165, 1.54) is 23.1 Å². The second-order valence-electron chi connectivity index (χ2n) is 8.01. The van der Waals surface area contributed by atoms with Gasteiger partial charge in [0.25, 0.3) is 0 Å². The number of carbonyl (C=O) groups excluding carboxylic acids is 2. The molecule has 2 aromatic rings. The van der Waals surface area contributed by atoms with Gasteiger partial charge in [-0.1, -0.05) is 66.9 Å². The van der Waals surface area contributed by atoms with Crippen LogP contribution in [0.25, 0.3) is 0 Å². The molecule has 0 spiro atoms. The summed E-state index contributed by atoms with van der Waals surface area (Å²) in [4.78, 5) is 27.6. The summed E-state index contributed by atoms with van der Waals surface area (Å²) in [6.07, 6.45) is 3.27. The zero-order valence-electron chi connectivity index (χ0n) is 19.6. The summed E-state index contributed by atoms with van der Waals surface area (Å²) in [5.74, 6) is -0.796. The van der Waals surface area contributed by atoms with Crippen molar-refractivity contribution in [2.45, 2.75) is 39.2 Å². The van der Waals surface area contributed by atoms with Gasteiger partial charge in [-0.15, -0.1) is 0 Å². The molecule has 34 heavy (non-hydrogen) atoms. The molecule has 0 aliphatic heterocycles. The number of anilines is 1. The van der Waals surface area contributed by atoms with Crippen LogP contribution in [0.5, 0.6) is 0 Å². The number of nitrogens with one attached hydrogen (secondary N) is 1. The second-order valence-corrected chi connectivity index (χ2v) is 10.8. The first-order valence-corrected chi connectivity index (χ1v) is 13.7. The maximum absolute atomic E-state index is 13.4. The van der Waals surface area contributed by atoms with Crippen molar-refractivity contribution in [1.82, 2.24) is 10.2 Å². The number of sulfonamides is 1. The maximum Gasteiger partial charge on any atom is 0.244 e. The number of hydrogen-bond donors (Lipinski definition) is 1. The average molecular weight is 529 g/mol. The molecule has 0 unspecified atom stereocenters. The maximum atomic E-state index is 13.4. The smallest absolute Gasteiger partial charge is 0.244 e. The number of benzene rings is 2. The molecule has 2 rings (SSSR count). The van der Waals surface area contributed by atoms with Gasteiger partial charge in [-0.05, 0) is 43.5 Å². The summed E-state index contributed by atoms with van der Waals surface area (Å²) < 4.78 is 26.1. The minimum absolute atomic E-state index is 0.104. The minimum Gasteiger partial charge on any atom is -0.354 e. The third-order valence-electron chi connectivity index (χ3n) is 5.34. The van der Waals surface area contributed by atoms with Gasteiger partial charge >= 0.3 is 0 Å². The van der Waals surface area contributed by atoms with E-state index in [1.807, 2.05) is 37.3 Å². The fourth-order valence-electron chi connectivity index (χ4n) is 3.38. The van der Waals surface area contributed by atoms with Crippen LogP contribution in [0.4, 0.5) is 5.69 Å². The molecule has 0 aliphatic carbocycles. The molecule has 1 atom stereocenters. The molecule has 1 N–H and O–H groups in total. The summed E-state index contributed by atoms with van der Waals surface area (Å²) in [6, 6.07) is 13.2. The molecule has 0 bridgehead atoms. The Morgan fingerprint density at radius 1 is 1.09 bits per heavy atom. The molecule has 10 heteroatoms. The Balaban J connectivity index is 2.30. The lowest BCUT2D eigenvalue weighted by atomic mass is 10.1. The van der Waals surface area contributed by atoms with Crippen molar-refractivity contribution in [2.75, 3.05) is 30.2 Å². The molecule has 0 heterocycles. The highest BCUT2D eigenvalue weighted by Gasteiger charge is 2.30. The van der Waals surface area contributed by atoms with E-state index in [0.717, 1.165) is 29.0 Å². The summed E-state index contributed by atoms with van der Waals surface area (Å²) in [5, 5.41) is 3.29. The normalized spacial score (nSPS) is 12.1. The third-order valence-corrected chi connectivity index (χ3v) is 7.00. The highest BCUT2D eigenvalue weighted by molar-refractivity contribution is 7.92. The molecule has 186 valence electrons. The first-order chi connectivity index (χ1) is 16.0. The van der Waals surface area contributed by atoms with Crippen LogP contribution in [-0.4, -0.2) is 57.1 Å². The highest BCUT2D eigenvalue weighted by Crippen LogP contribution is 2.30. The van der Waals surface area contributed by atoms with E-state index in [4.69, 9.17) is 23.2 Å². The fraction of sp³-hybridized carbons (Fsp3) is 0.417. The van der Waals surface area contributed by atoms with Gasteiger partial charge in [-0.2, -0.15) is 0 Å². The van der Waals surface area contributed by atoms with Crippen molar-refractivity contribution in [3.8, 4) is 0 Å². The molecular weight excluding hydrogens is 497 g/mol. The lowest BCUT2D eigenvalue weighted by Gasteiger charge is -2.31. The average Bonchev–Trinajstić information content (AvgIpc) is 2.78. The van der Waals surface area contributed by atoms with Crippen LogP contribution in [0.2, 0.25) is 10.0 Å². The van der Waals surface area contributed by atoms with Crippen molar-refractivity contribution in [2.24, 2.45) is 0 Å². The molecule has 2 aromatic carbocycles. The topological polar surface area (TPSA) is 86.8 Å². The second kappa shape index (κ2) is 13.0. The number of hydrogen-bond acceptors (Lipinski definition) is 4. The van der Waals surface area contributed by atoms with Crippen LogP contribution in [-0.2, 0) is 26.0 Å². The van der Waals surface area contributed by atoms with Gasteiger partial charge in [0.1, 0.15) is 12.6 Å². The van der Waals surface area contributed by atoms with Crippen molar-refractivity contribution in [3.05, 3.63) is 64.1 Å². The lowest BCUT2D eigenvalue weighted by Crippen LogP contribution is -2.52. The predicted octanol–water partition coefficient (Wildman–Crippen LogP) is 4.14. The van der Waals surface area contributed by atoms with E-state index >= 15 is 0 Å². The largest absolute Gasteiger partial charge is 0.354 e. The molecule has 0 aromatic heterocycles. The highest BCUT2D eigenvalue weighted by atomic mass is 35.5. The Kier molecular flexibility index (Phi) is 10.7. The lowest BCUT2D eigenvalue weighted by molar-refractivity contribution is -0.138. The summed E-state index contributed by atoms with van der Waals surface area (Å²) in [7, 11) is -3.85. The molecule has 0 aliphatic rings. The van der Waals surface area contributed by atoms with Crippen LogP contribution in [0.15, 0.2) is 48.5 Å². The van der Waals surface area contributed by atoms with Crippen molar-refractivity contribution >= 4 is 50.7 Å². The molecule has 0 saturated carbocycles. The summed E-state index contributed by atoms with van der Waals surface area (Å²) in [6.45, 7) is 3.92. The van der Waals surface area contributed by atoms with Gasteiger partial charge in [0, 0.05) is 18.1 Å². The zero-order chi connectivity index (χ0) is 25.3. The van der Waals surface area contributed by atoms with Gasteiger partial charge in [0.15, 0.2) is 0 Å². The van der Waals surface area contributed by atoms with Crippen LogP contribution in [0, 0.1) is 0 Å². The molecule has 7 nitrogen and oxygen atoms in total. The standard InChI is InChI=1S/C24H31Cl2N3O4S/c1-4-5-14-27-24(31)18(2)28(15-13-19-9-7-6-8-10-19)23(30)17-29(34(3,32)33)22-12-11-20(25)16-21(22)26/h6-12,16,18H,4-5,13-15,17H2,1-3H3,(H,27,31)/t18-/m1/s1. The Bertz CT molecular complexity index is 1080. The van der Waals surface area contributed by atoms with E-state index in [1.54, 1.807) is 6.92 Å². The summed E-state index contributed by atoms with van der Waals surface area (Å²) in [5.41, 5.74) is 1.14. The molecular formula is C24H31Cl2N3O4S. The van der Waals surface area contributed by atoms with E-state index in [9.17, 15) is 18.0 Å². The van der Waals surface area contributed by atoms with Gasteiger partial charge < -0.3 is 10.2 Å². The number of carbonyl (C=O) groups is 2. The van der Waals surface area contributed by atoms with Crippen molar-refractivity contribution < 1.29 is 18.0 Å². The SMILES string of the molecule is CCCCNC(=O)[C@@H](C)N(CCc1ccccc1)C(=O)CN(c1ccc(Cl)cc1Cl)S(C)(=O)=O. The minimum atomic E-state index is -3.85. The van der Waals surface area contributed by atoms with Gasteiger partial charge in [0.2, 0.25) is 21.8 Å². The van der Waals surface area contributed by atoms with Crippen molar-refractivity contribution in [3.63, 3.8) is 0 Å². The van der Waals surface area contributed by atoms with Gasteiger partial charge in [-0.25, -0.2) is 8.42 Å². The van der Waals surface area contributed by atoms with Crippen LogP contribution in [0.3, 0.4) is 0 Å². The number of nitrogens with zero attached hydrogens (tertiary/aromatic N) is 2. The van der Waals surface area contributed by atoms with E-state index < -0.39 is 28.5 Å². The predicted molar refractivity (Wildman–Crippen MR) is 138 cm³/mol. The summed E-state index contributed by atoms with van der Waals surface area (Å²) >= 11 is 12.2. The Labute approximate surface area is 212 Å². The quantitative estimate of drug-likeness (QED) is 0.420. The molecule has 0 fully saturated rings. The van der Waals surface area contributed by atoms with Gasteiger partial charge in [-0.3, -0.25) is 13.9 Å². The fourth-order valence-corrected chi connectivity index (χ4v) is 4.81. The third kappa shape index (κ3) is 8.18. The number of amides is 2. The number of unbranched alkanes of at least 4 members (excludes halogenated alkanes) is 1. The molecule has 0 radical (unpaired) electrons. The van der Waals surface area contributed by atoms with Crippen LogP contribution in [0.1, 0.15) is 32.3 Å². The van der Waals surface area contributed by atoms with E-state index in [-0.39, 0.29) is 23.2 Å². The number of rotatable bonds is 12. The monoisotopic (exact) mass is 527 g/mol. The molecule has 0 saturated heterocycles. The van der Waals surface area contributed by atoms with Crippen LogP contribution < -0.4 is 9.62 Å². The first-order valence-electron chi connectivity index (χ1n) is 11.1. The van der Waals surface area contributed by atoms with Crippen LogP contribution >= 0.6 is 23.2 Å². The molecule has 2 amide bonds. The Morgan fingerprint density at radius 2 is 1.76 bits per heavy atom. The number of halogens is 2. The van der Waals surface area contributed by atoms with E-state index in [2.05, 4.69) is 5.32 Å². The zero-order valence-corrected chi connectivity index (χ0v) is 22.0. The van der Waals surface area contributed by atoms with Crippen molar-refractivity contribution in [1.29, 1.82) is 0 Å². The first kappa shape index (κ1) is 28.0. The Morgan fingerprint density at radius 3 is 2.35 bits per heavy atom. The van der Waals surface area contributed by atoms with E-state index in [0.29, 0.717) is 18.0 Å².